The second kappa shape index (κ2) is 11.3. The lowest BCUT2D eigenvalue weighted by molar-refractivity contribution is -0.384. The summed E-state index contributed by atoms with van der Waals surface area (Å²) in [5.41, 5.74) is 1.70. The Kier molecular flexibility index (Phi) is 7.97. The van der Waals surface area contributed by atoms with E-state index in [1.807, 2.05) is 61.5 Å². The van der Waals surface area contributed by atoms with E-state index in [2.05, 4.69) is 5.32 Å². The number of hydrogen-bond acceptors (Lipinski definition) is 5. The van der Waals surface area contributed by atoms with E-state index in [1.54, 1.807) is 12.1 Å². The molecule has 0 aliphatic carbocycles. The van der Waals surface area contributed by atoms with Crippen LogP contribution in [0.25, 0.3) is 6.08 Å². The minimum Gasteiger partial charge on any atom is -0.493 e. The topological polar surface area (TPSA) is 90.7 Å². The van der Waals surface area contributed by atoms with Gasteiger partial charge >= 0.3 is 0 Å². The third-order valence-corrected chi connectivity index (χ3v) is 4.43. The minimum absolute atomic E-state index is 0.105. The summed E-state index contributed by atoms with van der Waals surface area (Å²) in [6.45, 7) is 2.84. The lowest BCUT2D eigenvalue weighted by Gasteiger charge is -2.08. The second-order valence-corrected chi connectivity index (χ2v) is 6.95. The van der Waals surface area contributed by atoms with Crippen molar-refractivity contribution in [2.45, 2.75) is 20.0 Å². The summed E-state index contributed by atoms with van der Waals surface area (Å²) >= 11 is 0. The highest BCUT2D eigenvalue weighted by molar-refractivity contribution is 6.03. The molecule has 0 aliphatic heterocycles. The average molecular weight is 432 g/mol. The molecule has 7 heteroatoms. The van der Waals surface area contributed by atoms with E-state index in [-0.39, 0.29) is 11.4 Å². The molecule has 0 aromatic heterocycles. The van der Waals surface area contributed by atoms with Gasteiger partial charge in [0.05, 0.1) is 17.6 Å². The first-order valence-corrected chi connectivity index (χ1v) is 10.2. The van der Waals surface area contributed by atoms with Crippen LogP contribution in [0.4, 0.5) is 11.4 Å². The van der Waals surface area contributed by atoms with Crippen molar-refractivity contribution >= 4 is 23.4 Å². The Balaban J connectivity index is 1.63. The molecule has 7 nitrogen and oxygen atoms in total. The molecular weight excluding hydrogens is 408 g/mol. The number of nitrogens with zero attached hydrogens (tertiary/aromatic N) is 1. The third-order valence-electron chi connectivity index (χ3n) is 4.43. The van der Waals surface area contributed by atoms with Crippen molar-refractivity contribution in [3.05, 3.63) is 100 Å². The van der Waals surface area contributed by atoms with Gasteiger partial charge in [-0.05, 0) is 47.9 Å². The number of hydrogen-bond donors (Lipinski definition) is 1. The van der Waals surface area contributed by atoms with Gasteiger partial charge in [-0.1, -0.05) is 49.4 Å². The van der Waals surface area contributed by atoms with Crippen LogP contribution >= 0.6 is 0 Å². The van der Waals surface area contributed by atoms with E-state index < -0.39 is 10.8 Å². The zero-order valence-electron chi connectivity index (χ0n) is 17.7. The normalized spacial score (nSPS) is 10.7. The van der Waals surface area contributed by atoms with Crippen LogP contribution in [0.2, 0.25) is 0 Å². The van der Waals surface area contributed by atoms with Gasteiger partial charge in [0.15, 0.2) is 0 Å². The Morgan fingerprint density at radius 3 is 2.53 bits per heavy atom. The highest BCUT2D eigenvalue weighted by atomic mass is 16.6. The van der Waals surface area contributed by atoms with Crippen LogP contribution in [-0.2, 0) is 11.4 Å². The Morgan fingerprint density at radius 2 is 1.78 bits per heavy atom. The Labute approximate surface area is 186 Å². The van der Waals surface area contributed by atoms with Gasteiger partial charge in [-0.15, -0.1) is 0 Å². The molecule has 1 amide bonds. The van der Waals surface area contributed by atoms with Crippen molar-refractivity contribution in [2.24, 2.45) is 0 Å². The summed E-state index contributed by atoms with van der Waals surface area (Å²) in [5.74, 6) is 0.583. The van der Waals surface area contributed by atoms with Gasteiger partial charge in [0.1, 0.15) is 23.8 Å². The molecule has 1 N–H and O–H groups in total. The predicted octanol–water partition coefficient (Wildman–Crippen LogP) is 5.61. The Morgan fingerprint density at radius 1 is 1.00 bits per heavy atom. The molecular formula is C25H24N2O5. The largest absolute Gasteiger partial charge is 0.493 e. The van der Waals surface area contributed by atoms with Crippen molar-refractivity contribution in [1.82, 2.24) is 0 Å². The molecule has 3 rings (SSSR count). The van der Waals surface area contributed by atoms with Gasteiger partial charge in [-0.3, -0.25) is 14.9 Å². The fourth-order valence-corrected chi connectivity index (χ4v) is 2.87. The van der Waals surface area contributed by atoms with Crippen molar-refractivity contribution in [3.8, 4) is 11.5 Å². The third kappa shape index (κ3) is 6.70. The van der Waals surface area contributed by atoms with Gasteiger partial charge < -0.3 is 14.8 Å². The number of ether oxygens (including phenoxy) is 2. The molecule has 0 saturated carbocycles. The first-order valence-electron chi connectivity index (χ1n) is 10.2. The van der Waals surface area contributed by atoms with Crippen LogP contribution in [0, 0.1) is 10.1 Å². The molecule has 0 radical (unpaired) electrons. The number of nitro benzene ring substituents is 1. The molecule has 3 aromatic carbocycles. The monoisotopic (exact) mass is 432 g/mol. The average Bonchev–Trinajstić information content (AvgIpc) is 2.81. The molecule has 0 fully saturated rings. The van der Waals surface area contributed by atoms with E-state index >= 15 is 0 Å². The van der Waals surface area contributed by atoms with Gasteiger partial charge in [0.2, 0.25) is 5.91 Å². The predicted molar refractivity (Wildman–Crippen MR) is 124 cm³/mol. The molecule has 32 heavy (non-hydrogen) atoms. The van der Waals surface area contributed by atoms with Gasteiger partial charge in [0, 0.05) is 6.08 Å². The van der Waals surface area contributed by atoms with Crippen LogP contribution in [0.5, 0.6) is 11.5 Å². The number of carbonyl (C=O) groups is 1. The number of nitro groups is 1. The SMILES string of the molecule is CCCOc1ccc(NC(=O)/C=C/c2cccc(OCc3ccccc3)c2)c([N+](=O)[O-])c1. The summed E-state index contributed by atoms with van der Waals surface area (Å²) in [6.07, 6.45) is 3.73. The zero-order valence-corrected chi connectivity index (χ0v) is 17.7. The number of rotatable bonds is 10. The minimum atomic E-state index is -0.550. The highest BCUT2D eigenvalue weighted by Crippen LogP contribution is 2.29. The number of benzene rings is 3. The number of amides is 1. The summed E-state index contributed by atoms with van der Waals surface area (Å²) in [6, 6.07) is 21.5. The maximum absolute atomic E-state index is 12.3. The first kappa shape index (κ1) is 22.6. The molecule has 0 bridgehead atoms. The maximum atomic E-state index is 12.3. The summed E-state index contributed by atoms with van der Waals surface area (Å²) < 4.78 is 11.2. The molecule has 0 saturated heterocycles. The van der Waals surface area contributed by atoms with Crippen LogP contribution < -0.4 is 14.8 Å². The van der Waals surface area contributed by atoms with Gasteiger partial charge in [0.25, 0.3) is 5.69 Å². The standard InChI is InChI=1S/C25H24N2O5/c1-2-15-31-22-12-13-23(24(17-22)27(29)30)26-25(28)14-11-19-9-6-10-21(16-19)32-18-20-7-4-3-5-8-20/h3-14,16-17H,2,15,18H2,1H3,(H,26,28)/b14-11+. The summed E-state index contributed by atoms with van der Waals surface area (Å²) in [7, 11) is 0. The molecule has 0 spiro atoms. The lowest BCUT2D eigenvalue weighted by Crippen LogP contribution is -2.10. The van der Waals surface area contributed by atoms with E-state index in [4.69, 9.17) is 9.47 Å². The Hall–Kier alpha value is -4.13. The molecule has 0 heterocycles. The van der Waals surface area contributed by atoms with E-state index in [1.165, 1.54) is 18.2 Å². The van der Waals surface area contributed by atoms with Crippen molar-refractivity contribution in [2.75, 3.05) is 11.9 Å². The van der Waals surface area contributed by atoms with Crippen molar-refractivity contribution in [1.29, 1.82) is 0 Å². The van der Waals surface area contributed by atoms with Crippen LogP contribution in [-0.4, -0.2) is 17.4 Å². The quantitative estimate of drug-likeness (QED) is 0.255. The number of anilines is 1. The van der Waals surface area contributed by atoms with Gasteiger partial charge in [-0.2, -0.15) is 0 Å². The number of nitrogens with one attached hydrogen (secondary N) is 1. The summed E-state index contributed by atoms with van der Waals surface area (Å²) in [5, 5.41) is 13.9. The molecule has 0 unspecified atom stereocenters. The second-order valence-electron chi connectivity index (χ2n) is 6.95. The smallest absolute Gasteiger partial charge is 0.296 e. The molecule has 0 atom stereocenters. The Bertz CT molecular complexity index is 1100. The maximum Gasteiger partial charge on any atom is 0.296 e. The van der Waals surface area contributed by atoms with Crippen molar-refractivity contribution < 1.29 is 19.2 Å². The summed E-state index contributed by atoms with van der Waals surface area (Å²) in [4.78, 5) is 23.2. The van der Waals surface area contributed by atoms with Crippen molar-refractivity contribution in [3.63, 3.8) is 0 Å². The van der Waals surface area contributed by atoms with Crippen LogP contribution in [0.3, 0.4) is 0 Å². The molecule has 3 aromatic rings. The number of carbonyl (C=O) groups excluding carboxylic acids is 1. The zero-order chi connectivity index (χ0) is 22.8. The fraction of sp³-hybridized carbons (Fsp3) is 0.160. The fourth-order valence-electron chi connectivity index (χ4n) is 2.87. The van der Waals surface area contributed by atoms with E-state index in [0.29, 0.717) is 24.7 Å². The van der Waals surface area contributed by atoms with E-state index in [9.17, 15) is 14.9 Å². The first-order chi connectivity index (χ1) is 15.5. The van der Waals surface area contributed by atoms with Crippen LogP contribution in [0.1, 0.15) is 24.5 Å². The molecule has 164 valence electrons. The lowest BCUT2D eigenvalue weighted by atomic mass is 10.2. The molecule has 0 aliphatic rings. The van der Waals surface area contributed by atoms with Crippen LogP contribution in [0.15, 0.2) is 78.9 Å². The highest BCUT2D eigenvalue weighted by Gasteiger charge is 2.16. The van der Waals surface area contributed by atoms with E-state index in [0.717, 1.165) is 17.5 Å². The van der Waals surface area contributed by atoms with Gasteiger partial charge in [-0.25, -0.2) is 0 Å².